The number of amides is 1. The van der Waals surface area contributed by atoms with Crippen LogP contribution in [-0.4, -0.2) is 34.5 Å². The molecule has 1 aliphatic carbocycles. The first-order chi connectivity index (χ1) is 9.18. The molecule has 1 saturated carbocycles. The van der Waals surface area contributed by atoms with Gasteiger partial charge in [0.1, 0.15) is 6.04 Å². The van der Waals surface area contributed by atoms with Crippen LogP contribution in [0, 0.1) is 5.92 Å². The third-order valence-electron chi connectivity index (χ3n) is 4.55. The van der Waals surface area contributed by atoms with Crippen LogP contribution in [0.1, 0.15) is 64.2 Å². The summed E-state index contributed by atoms with van der Waals surface area (Å²) in [6.45, 7) is 0.628. The molecule has 0 aromatic carbocycles. The summed E-state index contributed by atoms with van der Waals surface area (Å²) in [5, 5.41) is 9.21. The summed E-state index contributed by atoms with van der Waals surface area (Å²) in [4.78, 5) is 25.2. The van der Waals surface area contributed by atoms with Gasteiger partial charge in [0, 0.05) is 13.0 Å². The van der Waals surface area contributed by atoms with Crippen molar-refractivity contribution in [3.05, 3.63) is 0 Å². The molecule has 1 unspecified atom stereocenters. The largest absolute Gasteiger partial charge is 0.480 e. The Morgan fingerprint density at radius 1 is 0.947 bits per heavy atom. The zero-order valence-corrected chi connectivity index (χ0v) is 11.6. The second-order valence-corrected chi connectivity index (χ2v) is 6.00. The van der Waals surface area contributed by atoms with Gasteiger partial charge in [0.15, 0.2) is 0 Å². The highest BCUT2D eigenvalue weighted by atomic mass is 16.4. The van der Waals surface area contributed by atoms with Gasteiger partial charge in [-0.25, -0.2) is 4.79 Å². The smallest absolute Gasteiger partial charge is 0.326 e. The molecule has 2 fully saturated rings. The van der Waals surface area contributed by atoms with Gasteiger partial charge < -0.3 is 10.0 Å². The van der Waals surface area contributed by atoms with Crippen LogP contribution in [0.25, 0.3) is 0 Å². The van der Waals surface area contributed by atoms with Crippen molar-refractivity contribution in [3.63, 3.8) is 0 Å². The standard InChI is InChI=1S/C15H25NO3/c17-14(11-12-7-3-1-2-4-8-12)16-10-6-5-9-13(16)15(18)19/h12-13H,1-11H2,(H,18,19). The van der Waals surface area contributed by atoms with Gasteiger partial charge in [-0.3, -0.25) is 4.79 Å². The minimum atomic E-state index is -0.839. The lowest BCUT2D eigenvalue weighted by Gasteiger charge is -2.34. The molecule has 1 atom stereocenters. The van der Waals surface area contributed by atoms with E-state index in [2.05, 4.69) is 0 Å². The van der Waals surface area contributed by atoms with Crippen LogP contribution in [0.4, 0.5) is 0 Å². The zero-order valence-electron chi connectivity index (χ0n) is 11.6. The number of carbonyl (C=O) groups is 2. The second kappa shape index (κ2) is 6.92. The maximum absolute atomic E-state index is 12.4. The van der Waals surface area contributed by atoms with E-state index in [0.717, 1.165) is 25.7 Å². The molecule has 19 heavy (non-hydrogen) atoms. The van der Waals surface area contributed by atoms with Crippen LogP contribution >= 0.6 is 0 Å². The molecule has 1 N–H and O–H groups in total. The molecule has 4 nitrogen and oxygen atoms in total. The lowest BCUT2D eigenvalue weighted by atomic mass is 9.94. The highest BCUT2D eigenvalue weighted by molar-refractivity contribution is 5.84. The van der Waals surface area contributed by atoms with E-state index in [-0.39, 0.29) is 5.91 Å². The number of hydrogen-bond donors (Lipinski definition) is 1. The first-order valence-electron chi connectivity index (χ1n) is 7.71. The summed E-state index contributed by atoms with van der Waals surface area (Å²) < 4.78 is 0. The zero-order chi connectivity index (χ0) is 13.7. The third-order valence-corrected chi connectivity index (χ3v) is 4.55. The van der Waals surface area contributed by atoms with Crippen molar-refractivity contribution < 1.29 is 14.7 Å². The Kier molecular flexibility index (Phi) is 5.23. The van der Waals surface area contributed by atoms with E-state index < -0.39 is 12.0 Å². The van der Waals surface area contributed by atoms with Crippen LogP contribution in [0.2, 0.25) is 0 Å². The molecule has 1 aliphatic heterocycles. The minimum absolute atomic E-state index is 0.0685. The van der Waals surface area contributed by atoms with Crippen molar-refractivity contribution in [3.8, 4) is 0 Å². The molecule has 2 rings (SSSR count). The number of piperidine rings is 1. The second-order valence-electron chi connectivity index (χ2n) is 6.00. The van der Waals surface area contributed by atoms with Crippen LogP contribution in [0.5, 0.6) is 0 Å². The Morgan fingerprint density at radius 3 is 2.21 bits per heavy atom. The molecule has 0 spiro atoms. The predicted octanol–water partition coefficient (Wildman–Crippen LogP) is 2.81. The number of nitrogens with zero attached hydrogens (tertiary/aromatic N) is 1. The summed E-state index contributed by atoms with van der Waals surface area (Å²) in [5.41, 5.74) is 0. The van der Waals surface area contributed by atoms with Gasteiger partial charge >= 0.3 is 5.97 Å². The van der Waals surface area contributed by atoms with Crippen molar-refractivity contribution in [2.24, 2.45) is 5.92 Å². The highest BCUT2D eigenvalue weighted by Gasteiger charge is 2.32. The van der Waals surface area contributed by atoms with Gasteiger partial charge in [-0.1, -0.05) is 25.7 Å². The molecule has 0 radical (unpaired) electrons. The topological polar surface area (TPSA) is 57.6 Å². The van der Waals surface area contributed by atoms with E-state index in [9.17, 15) is 14.7 Å². The Balaban J connectivity index is 1.91. The van der Waals surface area contributed by atoms with Gasteiger partial charge in [0.25, 0.3) is 0 Å². The van der Waals surface area contributed by atoms with Crippen LogP contribution in [0.3, 0.4) is 0 Å². The van der Waals surface area contributed by atoms with E-state index >= 15 is 0 Å². The van der Waals surface area contributed by atoms with Crippen molar-refractivity contribution >= 4 is 11.9 Å². The highest BCUT2D eigenvalue weighted by Crippen LogP contribution is 2.27. The molecule has 1 saturated heterocycles. The van der Waals surface area contributed by atoms with Gasteiger partial charge in [-0.05, 0) is 38.0 Å². The fourth-order valence-corrected chi connectivity index (χ4v) is 3.42. The predicted molar refractivity (Wildman–Crippen MR) is 72.8 cm³/mol. The number of carbonyl (C=O) groups excluding carboxylic acids is 1. The van der Waals surface area contributed by atoms with E-state index in [1.807, 2.05) is 0 Å². The van der Waals surface area contributed by atoms with Crippen LogP contribution in [0.15, 0.2) is 0 Å². The van der Waals surface area contributed by atoms with E-state index in [0.29, 0.717) is 25.3 Å². The molecule has 0 aromatic heterocycles. The van der Waals surface area contributed by atoms with Crippen molar-refractivity contribution in [1.29, 1.82) is 0 Å². The first-order valence-corrected chi connectivity index (χ1v) is 7.71. The third kappa shape index (κ3) is 3.95. The van der Waals surface area contributed by atoms with Crippen molar-refractivity contribution in [2.45, 2.75) is 70.3 Å². The van der Waals surface area contributed by atoms with E-state index in [1.165, 1.54) is 25.7 Å². The van der Waals surface area contributed by atoms with Gasteiger partial charge in [-0.2, -0.15) is 0 Å². The summed E-state index contributed by atoms with van der Waals surface area (Å²) in [6, 6.07) is -0.577. The lowest BCUT2D eigenvalue weighted by molar-refractivity contribution is -0.152. The maximum atomic E-state index is 12.4. The normalized spacial score (nSPS) is 25.9. The minimum Gasteiger partial charge on any atom is -0.480 e. The van der Waals surface area contributed by atoms with E-state index in [4.69, 9.17) is 0 Å². The number of rotatable bonds is 3. The monoisotopic (exact) mass is 267 g/mol. The number of carboxylic acid groups (broad SMARTS) is 1. The average molecular weight is 267 g/mol. The number of carboxylic acids is 1. The van der Waals surface area contributed by atoms with Gasteiger partial charge in [-0.15, -0.1) is 0 Å². The molecular weight excluding hydrogens is 242 g/mol. The molecule has 108 valence electrons. The SMILES string of the molecule is O=C(O)C1CCCCN1C(=O)CC1CCCCCC1. The number of hydrogen-bond acceptors (Lipinski definition) is 2. The molecule has 0 aromatic rings. The molecule has 1 amide bonds. The Labute approximate surface area is 115 Å². The number of likely N-dealkylation sites (tertiary alicyclic amines) is 1. The first kappa shape index (κ1) is 14.4. The summed E-state index contributed by atoms with van der Waals surface area (Å²) in [6.07, 6.45) is 10.3. The fourth-order valence-electron chi connectivity index (χ4n) is 3.42. The molecule has 0 bridgehead atoms. The van der Waals surface area contributed by atoms with Crippen LogP contribution in [-0.2, 0) is 9.59 Å². The quantitative estimate of drug-likeness (QED) is 0.800. The molecule has 4 heteroatoms. The Hall–Kier alpha value is -1.06. The maximum Gasteiger partial charge on any atom is 0.326 e. The molecular formula is C15H25NO3. The lowest BCUT2D eigenvalue weighted by Crippen LogP contribution is -2.48. The number of aliphatic carboxylic acids is 1. The fraction of sp³-hybridized carbons (Fsp3) is 0.867. The summed E-state index contributed by atoms with van der Waals surface area (Å²) >= 11 is 0. The van der Waals surface area contributed by atoms with Crippen molar-refractivity contribution in [2.75, 3.05) is 6.54 Å². The Bertz CT molecular complexity index is 321. The molecule has 2 aliphatic rings. The van der Waals surface area contributed by atoms with Crippen LogP contribution < -0.4 is 0 Å². The summed E-state index contributed by atoms with van der Waals surface area (Å²) in [5.74, 6) is -0.292. The summed E-state index contributed by atoms with van der Waals surface area (Å²) in [7, 11) is 0. The average Bonchev–Trinajstić information content (AvgIpc) is 2.67. The molecule has 1 heterocycles. The van der Waals surface area contributed by atoms with Crippen molar-refractivity contribution in [1.82, 2.24) is 4.90 Å². The van der Waals surface area contributed by atoms with E-state index in [1.54, 1.807) is 4.90 Å². The van der Waals surface area contributed by atoms with Gasteiger partial charge in [0.2, 0.25) is 5.91 Å². The Morgan fingerprint density at radius 2 is 1.58 bits per heavy atom. The van der Waals surface area contributed by atoms with Gasteiger partial charge in [0.05, 0.1) is 0 Å².